The number of phenolic OH excluding ortho intramolecular Hbond substituents is 1. The Bertz CT molecular complexity index is 1330. The zero-order chi connectivity index (χ0) is 23.1. The van der Waals surface area contributed by atoms with Gasteiger partial charge in [0, 0.05) is 22.7 Å². The molecule has 1 atom stereocenters. The van der Waals surface area contributed by atoms with Gasteiger partial charge in [-0.1, -0.05) is 54.1 Å². The first kappa shape index (κ1) is 21.1. The van der Waals surface area contributed by atoms with Crippen molar-refractivity contribution in [3.63, 3.8) is 0 Å². The first-order valence-electron chi connectivity index (χ1n) is 10.5. The van der Waals surface area contributed by atoms with Crippen LogP contribution in [0.1, 0.15) is 38.8 Å². The fraction of sp³-hybridized carbons (Fsp3) is 0.154. The van der Waals surface area contributed by atoms with Gasteiger partial charge in [0.05, 0.1) is 13.2 Å². The number of halogens is 1. The number of phenols is 1. The minimum absolute atomic E-state index is 0.0686. The van der Waals surface area contributed by atoms with E-state index in [1.807, 2.05) is 66.4 Å². The lowest BCUT2D eigenvalue weighted by Crippen LogP contribution is -2.29. The topological polar surface area (TPSA) is 78.5 Å². The van der Waals surface area contributed by atoms with E-state index in [0.717, 1.165) is 28.0 Å². The number of carbonyl (C=O) groups is 1. The Morgan fingerprint density at radius 1 is 1.12 bits per heavy atom. The van der Waals surface area contributed by atoms with Crippen LogP contribution in [0, 0.1) is 6.92 Å². The summed E-state index contributed by atoms with van der Waals surface area (Å²) < 4.78 is 5.25. The van der Waals surface area contributed by atoms with Crippen molar-refractivity contribution in [1.29, 1.82) is 0 Å². The second-order valence-corrected chi connectivity index (χ2v) is 8.48. The van der Waals surface area contributed by atoms with Gasteiger partial charge >= 0.3 is 0 Å². The molecule has 3 aromatic carbocycles. The number of fused-ring (bicyclic) bond motifs is 1. The third-order valence-electron chi connectivity index (χ3n) is 6.02. The summed E-state index contributed by atoms with van der Waals surface area (Å²) in [7, 11) is 1.62. The number of aromatic hydroxyl groups is 1. The third-order valence-corrected chi connectivity index (χ3v) is 6.43. The lowest BCUT2D eigenvalue weighted by molar-refractivity contribution is 0.0730. The Labute approximate surface area is 196 Å². The maximum absolute atomic E-state index is 13.5. The van der Waals surface area contributed by atoms with Gasteiger partial charge in [-0.25, -0.2) is 0 Å². The number of nitrogens with zero attached hydrogens (tertiary/aromatic N) is 2. The standard InChI is InChI=1S/C26H22ClN3O3/c1-15-12-21(31)19(13-20(15)27)23-22-24(29-28-23)26(32)30(25(22)17-6-4-3-5-7-17)14-16-8-10-18(33-2)11-9-16/h3-13,25,31H,14H2,1-2H3,(H,28,29). The third kappa shape index (κ3) is 3.62. The minimum Gasteiger partial charge on any atom is -0.507 e. The van der Waals surface area contributed by atoms with Gasteiger partial charge in [0.25, 0.3) is 5.91 Å². The van der Waals surface area contributed by atoms with Crippen molar-refractivity contribution < 1.29 is 14.6 Å². The van der Waals surface area contributed by atoms with Gasteiger partial charge in [0.1, 0.15) is 22.9 Å². The van der Waals surface area contributed by atoms with Crippen molar-refractivity contribution in [2.75, 3.05) is 7.11 Å². The van der Waals surface area contributed by atoms with Crippen LogP contribution >= 0.6 is 11.6 Å². The molecule has 1 amide bonds. The average Bonchev–Trinajstić information content (AvgIpc) is 3.36. The highest BCUT2D eigenvalue weighted by Gasteiger charge is 2.42. The first-order valence-corrected chi connectivity index (χ1v) is 10.9. The Hall–Kier alpha value is -3.77. The molecule has 6 nitrogen and oxygen atoms in total. The number of hydrogen-bond acceptors (Lipinski definition) is 4. The first-order chi connectivity index (χ1) is 16.0. The highest BCUT2D eigenvalue weighted by Crippen LogP contribution is 2.45. The molecule has 0 aliphatic carbocycles. The molecule has 1 unspecified atom stereocenters. The smallest absolute Gasteiger partial charge is 0.273 e. The molecule has 1 aromatic heterocycles. The summed E-state index contributed by atoms with van der Waals surface area (Å²) in [5.41, 5.74) is 4.86. The van der Waals surface area contributed by atoms with Gasteiger partial charge in [-0.15, -0.1) is 0 Å². The lowest BCUT2D eigenvalue weighted by atomic mass is 9.95. The molecule has 0 saturated heterocycles. The number of methoxy groups -OCH3 is 1. The molecule has 5 rings (SSSR count). The fourth-order valence-electron chi connectivity index (χ4n) is 4.33. The predicted molar refractivity (Wildman–Crippen MR) is 127 cm³/mol. The molecular formula is C26H22ClN3O3. The van der Waals surface area contributed by atoms with E-state index in [9.17, 15) is 9.90 Å². The molecule has 0 saturated carbocycles. The molecule has 1 aliphatic rings. The van der Waals surface area contributed by atoms with Gasteiger partial charge < -0.3 is 14.7 Å². The Balaban J connectivity index is 1.63. The van der Waals surface area contributed by atoms with Gasteiger partial charge in [0.2, 0.25) is 0 Å². The van der Waals surface area contributed by atoms with Crippen molar-refractivity contribution in [3.8, 4) is 22.8 Å². The van der Waals surface area contributed by atoms with Crippen molar-refractivity contribution >= 4 is 17.5 Å². The summed E-state index contributed by atoms with van der Waals surface area (Å²) >= 11 is 6.36. The molecule has 0 bridgehead atoms. The lowest BCUT2D eigenvalue weighted by Gasteiger charge is -2.26. The van der Waals surface area contributed by atoms with Crippen LogP contribution in [0.25, 0.3) is 11.3 Å². The van der Waals surface area contributed by atoms with E-state index in [0.29, 0.717) is 28.5 Å². The molecule has 0 fully saturated rings. The maximum Gasteiger partial charge on any atom is 0.273 e. The summed E-state index contributed by atoms with van der Waals surface area (Å²) in [5, 5.41) is 18.5. The van der Waals surface area contributed by atoms with Crippen LogP contribution in [0.5, 0.6) is 11.5 Å². The van der Waals surface area contributed by atoms with Gasteiger partial charge in [-0.3, -0.25) is 9.89 Å². The molecule has 2 heterocycles. The number of nitrogens with one attached hydrogen (secondary N) is 1. The number of carbonyl (C=O) groups excluding carboxylic acids is 1. The van der Waals surface area contributed by atoms with Gasteiger partial charge in [-0.05, 0) is 47.9 Å². The van der Waals surface area contributed by atoms with E-state index in [2.05, 4.69) is 10.2 Å². The number of benzene rings is 3. The highest BCUT2D eigenvalue weighted by molar-refractivity contribution is 6.31. The zero-order valence-electron chi connectivity index (χ0n) is 18.2. The number of ether oxygens (including phenoxy) is 1. The molecule has 1 aliphatic heterocycles. The monoisotopic (exact) mass is 459 g/mol. The number of hydrogen-bond donors (Lipinski definition) is 2. The number of aromatic amines is 1. The van der Waals surface area contributed by atoms with E-state index in [1.54, 1.807) is 19.2 Å². The zero-order valence-corrected chi connectivity index (χ0v) is 18.9. The largest absolute Gasteiger partial charge is 0.507 e. The number of rotatable bonds is 5. The molecular weight excluding hydrogens is 438 g/mol. The Morgan fingerprint density at radius 3 is 2.55 bits per heavy atom. The Kier molecular flexibility index (Phi) is 5.30. The van der Waals surface area contributed by atoms with Crippen molar-refractivity contribution in [1.82, 2.24) is 15.1 Å². The maximum atomic E-state index is 13.5. The summed E-state index contributed by atoms with van der Waals surface area (Å²) in [5.74, 6) is 0.680. The predicted octanol–water partition coefficient (Wildman–Crippen LogP) is 5.50. The van der Waals surface area contributed by atoms with Crippen LogP contribution in [0.4, 0.5) is 0 Å². The quantitative estimate of drug-likeness (QED) is 0.413. The van der Waals surface area contributed by atoms with Crippen LogP contribution in [-0.4, -0.2) is 33.2 Å². The number of H-pyrrole nitrogens is 1. The average molecular weight is 460 g/mol. The highest BCUT2D eigenvalue weighted by atomic mass is 35.5. The van der Waals surface area contributed by atoms with E-state index in [1.165, 1.54) is 0 Å². The molecule has 33 heavy (non-hydrogen) atoms. The van der Waals surface area contributed by atoms with E-state index in [4.69, 9.17) is 16.3 Å². The van der Waals surface area contributed by atoms with Crippen LogP contribution < -0.4 is 4.74 Å². The molecule has 0 spiro atoms. The molecule has 166 valence electrons. The normalized spacial score (nSPS) is 15.1. The van der Waals surface area contributed by atoms with Crippen molar-refractivity contribution in [3.05, 3.63) is 99.7 Å². The summed E-state index contributed by atoms with van der Waals surface area (Å²) in [4.78, 5) is 15.3. The molecule has 2 N–H and O–H groups in total. The Morgan fingerprint density at radius 2 is 1.85 bits per heavy atom. The van der Waals surface area contributed by atoms with Gasteiger partial charge in [-0.2, -0.15) is 5.10 Å². The molecule has 7 heteroatoms. The van der Waals surface area contributed by atoms with Crippen LogP contribution in [-0.2, 0) is 6.54 Å². The summed E-state index contributed by atoms with van der Waals surface area (Å²) in [6.07, 6.45) is 0. The number of aromatic nitrogens is 2. The van der Waals surface area contributed by atoms with Gasteiger partial charge in [0.15, 0.2) is 0 Å². The van der Waals surface area contributed by atoms with Crippen molar-refractivity contribution in [2.24, 2.45) is 0 Å². The van der Waals surface area contributed by atoms with Crippen molar-refractivity contribution in [2.45, 2.75) is 19.5 Å². The number of amides is 1. The fourth-order valence-corrected chi connectivity index (χ4v) is 4.49. The second kappa shape index (κ2) is 8.30. The minimum atomic E-state index is -0.371. The molecule has 0 radical (unpaired) electrons. The summed E-state index contributed by atoms with van der Waals surface area (Å²) in [6.45, 7) is 2.23. The van der Waals surface area contributed by atoms with Crippen LogP contribution in [0.15, 0.2) is 66.7 Å². The van der Waals surface area contributed by atoms with E-state index < -0.39 is 0 Å². The van der Waals surface area contributed by atoms with E-state index >= 15 is 0 Å². The number of aryl methyl sites for hydroxylation is 1. The molecule has 4 aromatic rings. The van der Waals surface area contributed by atoms with Crippen LogP contribution in [0.3, 0.4) is 0 Å². The van der Waals surface area contributed by atoms with E-state index in [-0.39, 0.29) is 17.7 Å². The summed E-state index contributed by atoms with van der Waals surface area (Å²) in [6, 6.07) is 20.4. The second-order valence-electron chi connectivity index (χ2n) is 8.07. The van der Waals surface area contributed by atoms with Crippen LogP contribution in [0.2, 0.25) is 5.02 Å². The SMILES string of the molecule is COc1ccc(CN2C(=O)c3[nH]nc(-c4cc(Cl)c(C)cc4O)c3C2c2ccccc2)cc1.